The Morgan fingerprint density at radius 3 is 2.87 bits per heavy atom. The number of furan rings is 1. The minimum atomic E-state index is -0.342. The van der Waals surface area contributed by atoms with E-state index in [2.05, 4.69) is 10.3 Å². The van der Waals surface area contributed by atoms with E-state index in [-0.39, 0.29) is 11.7 Å². The second-order valence-corrected chi connectivity index (χ2v) is 6.00. The fourth-order valence-corrected chi connectivity index (χ4v) is 3.20. The molecule has 1 aromatic carbocycles. The van der Waals surface area contributed by atoms with E-state index in [9.17, 15) is 9.18 Å². The first-order valence-corrected chi connectivity index (χ1v) is 7.99. The number of aromatic nitrogens is 1. The largest absolute Gasteiger partial charge is 0.469 e. The van der Waals surface area contributed by atoms with E-state index in [1.165, 1.54) is 17.4 Å². The van der Waals surface area contributed by atoms with Gasteiger partial charge in [-0.15, -0.1) is 11.3 Å². The minimum absolute atomic E-state index is 0.200. The Hall–Kier alpha value is -2.47. The Morgan fingerprint density at radius 1 is 1.30 bits per heavy atom. The molecule has 3 aromatic rings. The number of nitrogens with one attached hydrogen (secondary N) is 1. The van der Waals surface area contributed by atoms with Gasteiger partial charge in [0.1, 0.15) is 21.5 Å². The molecule has 0 atom stereocenters. The van der Waals surface area contributed by atoms with Crippen LogP contribution in [0.5, 0.6) is 0 Å². The van der Waals surface area contributed by atoms with Crippen LogP contribution in [0, 0.1) is 12.7 Å². The summed E-state index contributed by atoms with van der Waals surface area (Å²) in [5.41, 5.74) is 1.01. The predicted octanol–water partition coefficient (Wildman–Crippen LogP) is 3.82. The molecule has 0 aliphatic heterocycles. The summed E-state index contributed by atoms with van der Waals surface area (Å²) in [7, 11) is 0. The van der Waals surface area contributed by atoms with Crippen LogP contribution in [0.4, 0.5) is 4.39 Å². The summed E-state index contributed by atoms with van der Waals surface area (Å²) in [5, 5.41) is 3.35. The molecule has 0 spiro atoms. The third kappa shape index (κ3) is 3.48. The second kappa shape index (κ2) is 6.75. The van der Waals surface area contributed by atoms with Crippen LogP contribution in [0.1, 0.15) is 21.1 Å². The molecule has 2 heterocycles. The van der Waals surface area contributed by atoms with Crippen molar-refractivity contribution in [3.8, 4) is 10.6 Å². The molecule has 0 aliphatic rings. The summed E-state index contributed by atoms with van der Waals surface area (Å²) in [6.07, 6.45) is 2.22. The maximum Gasteiger partial charge on any atom is 0.263 e. The first-order valence-electron chi connectivity index (χ1n) is 7.18. The minimum Gasteiger partial charge on any atom is -0.469 e. The van der Waals surface area contributed by atoms with Gasteiger partial charge in [0.15, 0.2) is 0 Å². The zero-order chi connectivity index (χ0) is 16.2. The van der Waals surface area contributed by atoms with Crippen molar-refractivity contribution >= 4 is 17.2 Å². The van der Waals surface area contributed by atoms with Gasteiger partial charge in [-0.3, -0.25) is 4.79 Å². The van der Waals surface area contributed by atoms with Gasteiger partial charge in [0.05, 0.1) is 12.0 Å². The number of carbonyl (C=O) groups is 1. The molecule has 4 nitrogen and oxygen atoms in total. The van der Waals surface area contributed by atoms with Crippen molar-refractivity contribution in [2.24, 2.45) is 0 Å². The third-order valence-electron chi connectivity index (χ3n) is 3.34. The Morgan fingerprint density at radius 2 is 2.13 bits per heavy atom. The SMILES string of the molecule is Cc1nc(-c2ccccc2F)sc1C(=O)NCCc1ccco1. The van der Waals surface area contributed by atoms with Crippen LogP contribution in [-0.4, -0.2) is 17.4 Å². The molecule has 0 radical (unpaired) electrons. The van der Waals surface area contributed by atoms with Crippen LogP contribution >= 0.6 is 11.3 Å². The summed E-state index contributed by atoms with van der Waals surface area (Å²) >= 11 is 1.20. The average molecular weight is 330 g/mol. The highest BCUT2D eigenvalue weighted by Gasteiger charge is 2.17. The van der Waals surface area contributed by atoms with Gasteiger partial charge in [0.2, 0.25) is 0 Å². The van der Waals surface area contributed by atoms with E-state index in [0.717, 1.165) is 5.76 Å². The molecule has 1 amide bonds. The molecule has 0 fully saturated rings. The standard InChI is InChI=1S/C17H15FN2O2S/c1-11-15(16(21)19-9-8-12-5-4-10-22-12)23-17(20-11)13-6-2-3-7-14(13)18/h2-7,10H,8-9H2,1H3,(H,19,21). The van der Waals surface area contributed by atoms with Crippen LogP contribution < -0.4 is 5.32 Å². The number of benzene rings is 1. The predicted molar refractivity (Wildman–Crippen MR) is 87.0 cm³/mol. The lowest BCUT2D eigenvalue weighted by atomic mass is 10.2. The first kappa shape index (κ1) is 15.4. The Kier molecular flexibility index (Phi) is 4.52. The lowest BCUT2D eigenvalue weighted by molar-refractivity contribution is 0.0957. The molecular formula is C17H15FN2O2S. The number of hydrogen-bond acceptors (Lipinski definition) is 4. The average Bonchev–Trinajstić information content (AvgIpc) is 3.17. The van der Waals surface area contributed by atoms with Gasteiger partial charge < -0.3 is 9.73 Å². The molecule has 0 bridgehead atoms. The molecule has 1 N–H and O–H groups in total. The highest BCUT2D eigenvalue weighted by Crippen LogP contribution is 2.29. The van der Waals surface area contributed by atoms with Gasteiger partial charge in [-0.25, -0.2) is 9.37 Å². The second-order valence-electron chi connectivity index (χ2n) is 5.00. The van der Waals surface area contributed by atoms with Crippen molar-refractivity contribution < 1.29 is 13.6 Å². The smallest absolute Gasteiger partial charge is 0.263 e. The molecule has 0 unspecified atom stereocenters. The van der Waals surface area contributed by atoms with Crippen molar-refractivity contribution in [3.05, 3.63) is 64.8 Å². The number of halogens is 1. The van der Waals surface area contributed by atoms with Crippen LogP contribution in [0.15, 0.2) is 47.1 Å². The van der Waals surface area contributed by atoms with E-state index in [4.69, 9.17) is 4.42 Å². The van der Waals surface area contributed by atoms with Crippen LogP contribution in [0.3, 0.4) is 0 Å². The fraction of sp³-hybridized carbons (Fsp3) is 0.176. The van der Waals surface area contributed by atoms with E-state index in [1.54, 1.807) is 31.4 Å². The van der Waals surface area contributed by atoms with Gasteiger partial charge >= 0.3 is 0 Å². The van der Waals surface area contributed by atoms with E-state index in [0.29, 0.717) is 34.1 Å². The van der Waals surface area contributed by atoms with Crippen LogP contribution in [-0.2, 0) is 6.42 Å². The number of nitrogens with zero attached hydrogens (tertiary/aromatic N) is 1. The third-order valence-corrected chi connectivity index (χ3v) is 4.53. The number of amides is 1. The maximum absolute atomic E-state index is 13.8. The summed E-state index contributed by atoms with van der Waals surface area (Å²) in [5.74, 6) is 0.276. The van der Waals surface area contributed by atoms with Gasteiger partial charge in [-0.2, -0.15) is 0 Å². The van der Waals surface area contributed by atoms with Crippen molar-refractivity contribution in [2.75, 3.05) is 6.54 Å². The molecule has 118 valence electrons. The highest BCUT2D eigenvalue weighted by atomic mass is 32.1. The monoisotopic (exact) mass is 330 g/mol. The summed E-state index contributed by atoms with van der Waals surface area (Å²) < 4.78 is 19.0. The van der Waals surface area contributed by atoms with Crippen LogP contribution in [0.2, 0.25) is 0 Å². The highest BCUT2D eigenvalue weighted by molar-refractivity contribution is 7.17. The molecule has 0 saturated heterocycles. The molecule has 0 saturated carbocycles. The first-order chi connectivity index (χ1) is 11.1. The summed E-state index contributed by atoms with van der Waals surface area (Å²) in [6.45, 7) is 2.22. The molecule has 2 aromatic heterocycles. The Balaban J connectivity index is 1.70. The zero-order valence-corrected chi connectivity index (χ0v) is 13.3. The maximum atomic E-state index is 13.8. The van der Waals surface area contributed by atoms with Crippen LogP contribution in [0.25, 0.3) is 10.6 Å². The van der Waals surface area contributed by atoms with E-state index >= 15 is 0 Å². The zero-order valence-electron chi connectivity index (χ0n) is 12.5. The number of rotatable bonds is 5. The lowest BCUT2D eigenvalue weighted by Crippen LogP contribution is -2.25. The number of thiazole rings is 1. The quantitative estimate of drug-likeness (QED) is 0.774. The molecule has 3 rings (SSSR count). The van der Waals surface area contributed by atoms with Gasteiger partial charge in [-0.1, -0.05) is 12.1 Å². The number of hydrogen-bond donors (Lipinski definition) is 1. The van der Waals surface area contributed by atoms with Gasteiger partial charge in [0, 0.05) is 18.5 Å². The normalized spacial score (nSPS) is 10.7. The summed E-state index contributed by atoms with van der Waals surface area (Å²) in [4.78, 5) is 17.1. The van der Waals surface area contributed by atoms with Crippen molar-refractivity contribution in [1.29, 1.82) is 0 Å². The topological polar surface area (TPSA) is 55.1 Å². The Labute approximate surface area is 137 Å². The molecular weight excluding hydrogens is 315 g/mol. The van der Waals surface area contributed by atoms with Gasteiger partial charge in [0.25, 0.3) is 5.91 Å². The number of aryl methyl sites for hydroxylation is 1. The van der Waals surface area contributed by atoms with Gasteiger partial charge in [-0.05, 0) is 31.2 Å². The van der Waals surface area contributed by atoms with E-state index in [1.807, 2.05) is 12.1 Å². The molecule has 0 aliphatic carbocycles. The Bertz CT molecular complexity index is 812. The molecule has 6 heteroatoms. The van der Waals surface area contributed by atoms with E-state index < -0.39 is 0 Å². The lowest BCUT2D eigenvalue weighted by Gasteiger charge is -2.02. The van der Waals surface area contributed by atoms with Crippen molar-refractivity contribution in [2.45, 2.75) is 13.3 Å². The van der Waals surface area contributed by atoms with Crippen molar-refractivity contribution in [1.82, 2.24) is 10.3 Å². The molecule has 23 heavy (non-hydrogen) atoms. The summed E-state index contributed by atoms with van der Waals surface area (Å²) in [6, 6.07) is 10.1. The fourth-order valence-electron chi connectivity index (χ4n) is 2.19. The number of carbonyl (C=O) groups excluding carboxylic acids is 1. The van der Waals surface area contributed by atoms with Crippen molar-refractivity contribution in [3.63, 3.8) is 0 Å².